The molecule has 0 aromatic heterocycles. The number of hydrogen-bond donors (Lipinski definition) is 2. The van der Waals surface area contributed by atoms with Crippen LogP contribution in [0.25, 0.3) is 0 Å². The van der Waals surface area contributed by atoms with E-state index >= 15 is 0 Å². The Morgan fingerprint density at radius 2 is 1.62 bits per heavy atom. The molecule has 0 radical (unpaired) electrons. The number of nitrogens with one attached hydrogen (secondary N) is 2. The molecule has 1 saturated heterocycles. The highest BCUT2D eigenvalue weighted by Gasteiger charge is 2.30. The molecule has 7 heteroatoms. The maximum absolute atomic E-state index is 11.9. The van der Waals surface area contributed by atoms with Gasteiger partial charge in [-0.1, -0.05) is 12.1 Å². The van der Waals surface area contributed by atoms with Gasteiger partial charge in [-0.2, -0.15) is 0 Å². The first-order valence-corrected chi connectivity index (χ1v) is 8.02. The van der Waals surface area contributed by atoms with E-state index in [4.69, 9.17) is 0 Å². The monoisotopic (exact) mass is 329 g/mol. The van der Waals surface area contributed by atoms with E-state index in [2.05, 4.69) is 10.6 Å². The highest BCUT2D eigenvalue weighted by molar-refractivity contribution is 6.06. The lowest BCUT2D eigenvalue weighted by Gasteiger charge is -2.13. The molecule has 1 aromatic rings. The van der Waals surface area contributed by atoms with Crippen LogP contribution in [0.5, 0.6) is 0 Å². The number of hydrogen-bond acceptors (Lipinski definition) is 4. The molecule has 24 heavy (non-hydrogen) atoms. The van der Waals surface area contributed by atoms with Gasteiger partial charge in [0.1, 0.15) is 6.54 Å². The van der Waals surface area contributed by atoms with E-state index in [1.807, 2.05) is 0 Å². The van der Waals surface area contributed by atoms with Gasteiger partial charge in [0, 0.05) is 24.6 Å². The molecule has 4 amide bonds. The van der Waals surface area contributed by atoms with E-state index in [9.17, 15) is 19.2 Å². The van der Waals surface area contributed by atoms with E-state index in [1.165, 1.54) is 0 Å². The summed E-state index contributed by atoms with van der Waals surface area (Å²) in [6.07, 6.45) is 2.76. The number of imide groups is 1. The fourth-order valence-corrected chi connectivity index (χ4v) is 2.54. The van der Waals surface area contributed by atoms with Gasteiger partial charge in [-0.15, -0.1) is 0 Å². The van der Waals surface area contributed by atoms with Crippen LogP contribution in [0.4, 0.5) is 5.69 Å². The lowest BCUT2D eigenvalue weighted by atomic mass is 10.1. The molecule has 2 aliphatic rings. The maximum atomic E-state index is 11.9. The number of amides is 4. The van der Waals surface area contributed by atoms with Crippen LogP contribution >= 0.6 is 0 Å². The Kier molecular flexibility index (Phi) is 4.59. The third-order valence-corrected chi connectivity index (χ3v) is 4.00. The first-order chi connectivity index (χ1) is 11.5. The van der Waals surface area contributed by atoms with Crippen molar-refractivity contribution in [1.82, 2.24) is 10.2 Å². The van der Waals surface area contributed by atoms with Crippen molar-refractivity contribution in [3.63, 3.8) is 0 Å². The van der Waals surface area contributed by atoms with Crippen LogP contribution in [-0.2, 0) is 25.6 Å². The molecule has 0 bridgehead atoms. The molecule has 1 heterocycles. The molecule has 0 atom stereocenters. The minimum absolute atomic E-state index is 0.000318. The molecule has 2 fully saturated rings. The van der Waals surface area contributed by atoms with E-state index in [0.29, 0.717) is 18.2 Å². The van der Waals surface area contributed by atoms with Crippen molar-refractivity contribution in [3.8, 4) is 0 Å². The molecule has 1 aliphatic heterocycles. The van der Waals surface area contributed by atoms with E-state index < -0.39 is 5.91 Å². The van der Waals surface area contributed by atoms with Gasteiger partial charge in [0.25, 0.3) is 0 Å². The summed E-state index contributed by atoms with van der Waals surface area (Å²) in [7, 11) is 0. The molecular formula is C17H19N3O4. The van der Waals surface area contributed by atoms with Crippen LogP contribution in [0.15, 0.2) is 24.3 Å². The van der Waals surface area contributed by atoms with Crippen molar-refractivity contribution < 1.29 is 19.2 Å². The summed E-state index contributed by atoms with van der Waals surface area (Å²) < 4.78 is 0. The molecule has 0 unspecified atom stereocenters. The summed E-state index contributed by atoms with van der Waals surface area (Å²) in [6, 6.07) is 7.28. The van der Waals surface area contributed by atoms with Crippen molar-refractivity contribution in [2.75, 3.05) is 11.9 Å². The lowest BCUT2D eigenvalue weighted by Crippen LogP contribution is -2.36. The lowest BCUT2D eigenvalue weighted by molar-refractivity contribution is -0.141. The Bertz CT molecular complexity index is 664. The Balaban J connectivity index is 1.49. The van der Waals surface area contributed by atoms with Crippen molar-refractivity contribution >= 4 is 29.3 Å². The van der Waals surface area contributed by atoms with Gasteiger partial charge < -0.3 is 10.6 Å². The topological polar surface area (TPSA) is 95.6 Å². The standard InChI is InChI=1S/C17H19N3O4/c21-14(18-13-5-6-13)9-11-1-3-12(4-2-11)19-15(22)10-20-16(23)7-8-17(20)24/h1-4,13H,5-10H2,(H,18,21)(H,19,22). The second-order valence-electron chi connectivity index (χ2n) is 6.14. The molecule has 1 saturated carbocycles. The summed E-state index contributed by atoms with van der Waals surface area (Å²) in [5.74, 6) is -1.04. The molecule has 3 rings (SSSR count). The molecule has 1 aromatic carbocycles. The van der Waals surface area contributed by atoms with Gasteiger partial charge in [-0.05, 0) is 30.5 Å². The zero-order valence-electron chi connectivity index (χ0n) is 13.2. The summed E-state index contributed by atoms with van der Waals surface area (Å²) in [4.78, 5) is 47.6. The smallest absolute Gasteiger partial charge is 0.244 e. The van der Waals surface area contributed by atoms with Gasteiger partial charge in [0.15, 0.2) is 0 Å². The number of carbonyl (C=O) groups is 4. The van der Waals surface area contributed by atoms with Gasteiger partial charge in [-0.25, -0.2) is 0 Å². The predicted molar refractivity (Wildman–Crippen MR) is 85.9 cm³/mol. The van der Waals surface area contributed by atoms with E-state index in [1.54, 1.807) is 24.3 Å². The Hall–Kier alpha value is -2.70. The van der Waals surface area contributed by atoms with E-state index in [0.717, 1.165) is 23.3 Å². The van der Waals surface area contributed by atoms with Gasteiger partial charge in [0.05, 0.1) is 6.42 Å². The average Bonchev–Trinajstić information content (AvgIpc) is 3.30. The van der Waals surface area contributed by atoms with Crippen LogP contribution in [-0.4, -0.2) is 41.1 Å². The fraction of sp³-hybridized carbons (Fsp3) is 0.412. The van der Waals surface area contributed by atoms with Crippen molar-refractivity contribution in [1.29, 1.82) is 0 Å². The van der Waals surface area contributed by atoms with Crippen LogP contribution in [0.1, 0.15) is 31.2 Å². The quantitative estimate of drug-likeness (QED) is 0.747. The maximum Gasteiger partial charge on any atom is 0.244 e. The second kappa shape index (κ2) is 6.82. The Labute approximate surface area is 139 Å². The molecule has 1 aliphatic carbocycles. The number of anilines is 1. The van der Waals surface area contributed by atoms with Gasteiger partial charge >= 0.3 is 0 Å². The van der Waals surface area contributed by atoms with Gasteiger partial charge in [0.2, 0.25) is 23.6 Å². The minimum atomic E-state index is -0.419. The van der Waals surface area contributed by atoms with Crippen molar-refractivity contribution in [2.45, 2.75) is 38.1 Å². The molecule has 0 spiro atoms. The minimum Gasteiger partial charge on any atom is -0.353 e. The Morgan fingerprint density at radius 3 is 2.21 bits per heavy atom. The third-order valence-electron chi connectivity index (χ3n) is 4.00. The molecule has 126 valence electrons. The van der Waals surface area contributed by atoms with Crippen LogP contribution in [0.3, 0.4) is 0 Å². The second-order valence-corrected chi connectivity index (χ2v) is 6.14. The fourth-order valence-electron chi connectivity index (χ4n) is 2.54. The van der Waals surface area contributed by atoms with Crippen molar-refractivity contribution in [2.24, 2.45) is 0 Å². The average molecular weight is 329 g/mol. The van der Waals surface area contributed by atoms with Crippen molar-refractivity contribution in [3.05, 3.63) is 29.8 Å². The highest BCUT2D eigenvalue weighted by atomic mass is 16.2. The van der Waals surface area contributed by atoms with Crippen LogP contribution in [0.2, 0.25) is 0 Å². The van der Waals surface area contributed by atoms with Crippen LogP contribution in [0, 0.1) is 0 Å². The first kappa shape index (κ1) is 16.2. The summed E-state index contributed by atoms with van der Waals surface area (Å²) in [5, 5.41) is 5.57. The number of likely N-dealkylation sites (tertiary alicyclic amines) is 1. The zero-order valence-corrected chi connectivity index (χ0v) is 13.2. The SMILES string of the molecule is O=C(CN1C(=O)CCC1=O)Nc1ccc(CC(=O)NC2CC2)cc1. The number of carbonyl (C=O) groups excluding carboxylic acids is 4. The third kappa shape index (κ3) is 4.18. The first-order valence-electron chi connectivity index (χ1n) is 8.02. The number of benzene rings is 1. The number of nitrogens with zero attached hydrogens (tertiary/aromatic N) is 1. The molecular weight excluding hydrogens is 310 g/mol. The van der Waals surface area contributed by atoms with Crippen LogP contribution < -0.4 is 10.6 Å². The summed E-state index contributed by atoms with van der Waals surface area (Å²) >= 11 is 0. The Morgan fingerprint density at radius 1 is 1.00 bits per heavy atom. The zero-order chi connectivity index (χ0) is 17.1. The predicted octanol–water partition coefficient (Wildman–Crippen LogP) is 0.595. The normalized spacial score (nSPS) is 17.1. The highest BCUT2D eigenvalue weighted by Crippen LogP contribution is 2.19. The number of rotatable bonds is 6. The largest absolute Gasteiger partial charge is 0.353 e. The summed E-state index contributed by atoms with van der Waals surface area (Å²) in [6.45, 7) is -0.261. The summed E-state index contributed by atoms with van der Waals surface area (Å²) in [5.41, 5.74) is 1.42. The van der Waals surface area contributed by atoms with E-state index in [-0.39, 0.29) is 37.1 Å². The molecule has 2 N–H and O–H groups in total. The van der Waals surface area contributed by atoms with Gasteiger partial charge in [-0.3, -0.25) is 24.1 Å². The molecule has 7 nitrogen and oxygen atoms in total.